The zero-order valence-electron chi connectivity index (χ0n) is 13.6. The molecule has 3 rings (SSSR count). The summed E-state index contributed by atoms with van der Waals surface area (Å²) in [6.45, 7) is -2.93. The number of hydrogen-bond acceptors (Lipinski definition) is 6. The lowest BCUT2D eigenvalue weighted by Gasteiger charge is -2.11. The summed E-state index contributed by atoms with van der Waals surface area (Å²) < 4.78 is 45.0. The fourth-order valence-corrected chi connectivity index (χ4v) is 2.27. The monoisotopic (exact) mass is 364 g/mol. The van der Waals surface area contributed by atoms with Gasteiger partial charge in [0.2, 0.25) is 6.79 Å². The summed E-state index contributed by atoms with van der Waals surface area (Å²) in [5.41, 5.74) is 2.83. The van der Waals surface area contributed by atoms with Crippen LogP contribution in [0.15, 0.2) is 41.5 Å². The minimum absolute atomic E-state index is 0.0985. The molecule has 1 amide bonds. The number of benzene rings is 2. The smallest absolute Gasteiger partial charge is 0.387 e. The molecule has 1 aliphatic heterocycles. The number of nitrogens with zero attached hydrogens (tertiary/aromatic N) is 1. The number of para-hydroxylation sites is 1. The lowest BCUT2D eigenvalue weighted by Crippen LogP contribution is -2.17. The van der Waals surface area contributed by atoms with Gasteiger partial charge in [0.25, 0.3) is 5.91 Å². The molecule has 1 aliphatic rings. The standard InChI is InChI=1S/C17H14F2N2O5/c1-23-13-4-2-3-11(15(13)26-17(18)19)8-20-21-16(22)10-5-6-12-14(7-10)25-9-24-12/h2-8,17H,9H2,1H3,(H,21,22)/b20-8-. The third-order valence-electron chi connectivity index (χ3n) is 3.44. The average molecular weight is 364 g/mol. The van der Waals surface area contributed by atoms with Crippen molar-refractivity contribution in [1.82, 2.24) is 5.43 Å². The lowest BCUT2D eigenvalue weighted by molar-refractivity contribution is -0.0513. The topological polar surface area (TPSA) is 78.4 Å². The molecule has 0 bridgehead atoms. The second kappa shape index (κ2) is 7.68. The van der Waals surface area contributed by atoms with Gasteiger partial charge in [0.1, 0.15) is 0 Å². The Balaban J connectivity index is 1.73. The summed E-state index contributed by atoms with van der Waals surface area (Å²) in [7, 11) is 1.33. The summed E-state index contributed by atoms with van der Waals surface area (Å²) in [5.74, 6) is 0.457. The summed E-state index contributed by atoms with van der Waals surface area (Å²) in [6.07, 6.45) is 1.19. The first-order chi connectivity index (χ1) is 12.6. The Morgan fingerprint density at radius 3 is 2.85 bits per heavy atom. The molecule has 0 spiro atoms. The maximum atomic E-state index is 12.6. The van der Waals surface area contributed by atoms with Crippen molar-refractivity contribution in [2.75, 3.05) is 13.9 Å². The van der Waals surface area contributed by atoms with E-state index in [0.717, 1.165) is 0 Å². The highest BCUT2D eigenvalue weighted by molar-refractivity contribution is 5.95. The molecule has 7 nitrogen and oxygen atoms in total. The van der Waals surface area contributed by atoms with E-state index >= 15 is 0 Å². The van der Waals surface area contributed by atoms with Crippen molar-refractivity contribution in [3.63, 3.8) is 0 Å². The quantitative estimate of drug-likeness (QED) is 0.630. The minimum Gasteiger partial charge on any atom is -0.493 e. The van der Waals surface area contributed by atoms with Crippen molar-refractivity contribution in [3.05, 3.63) is 47.5 Å². The predicted octanol–water partition coefficient (Wildman–Crippen LogP) is 2.79. The molecule has 0 radical (unpaired) electrons. The van der Waals surface area contributed by atoms with E-state index in [0.29, 0.717) is 17.1 Å². The van der Waals surface area contributed by atoms with Gasteiger partial charge in [-0.15, -0.1) is 0 Å². The Labute approximate surface area is 147 Å². The third kappa shape index (κ3) is 3.82. The number of methoxy groups -OCH3 is 1. The molecule has 0 aliphatic carbocycles. The first-order valence-corrected chi connectivity index (χ1v) is 7.43. The molecule has 1 heterocycles. The van der Waals surface area contributed by atoms with Crippen LogP contribution >= 0.6 is 0 Å². The van der Waals surface area contributed by atoms with E-state index in [1.807, 2.05) is 0 Å². The number of carbonyl (C=O) groups is 1. The number of carbonyl (C=O) groups excluding carboxylic acids is 1. The maximum absolute atomic E-state index is 12.6. The van der Waals surface area contributed by atoms with E-state index < -0.39 is 12.5 Å². The summed E-state index contributed by atoms with van der Waals surface area (Å²) in [4.78, 5) is 12.1. The van der Waals surface area contributed by atoms with Crippen LogP contribution in [0, 0.1) is 0 Å². The Hall–Kier alpha value is -3.36. The Morgan fingerprint density at radius 2 is 2.08 bits per heavy atom. The molecule has 9 heteroatoms. The molecular weight excluding hydrogens is 350 g/mol. The Bertz CT molecular complexity index is 842. The number of amides is 1. The second-order valence-electron chi connectivity index (χ2n) is 5.02. The largest absolute Gasteiger partial charge is 0.493 e. The van der Waals surface area contributed by atoms with Gasteiger partial charge in [-0.05, 0) is 30.3 Å². The van der Waals surface area contributed by atoms with E-state index in [2.05, 4.69) is 15.3 Å². The Kier molecular flexibility index (Phi) is 5.16. The molecule has 2 aromatic carbocycles. The van der Waals surface area contributed by atoms with E-state index in [9.17, 15) is 13.6 Å². The van der Waals surface area contributed by atoms with Crippen LogP contribution in [0.3, 0.4) is 0 Å². The highest BCUT2D eigenvalue weighted by atomic mass is 19.3. The summed E-state index contributed by atoms with van der Waals surface area (Å²) >= 11 is 0. The number of hydrazone groups is 1. The van der Waals surface area contributed by atoms with Gasteiger partial charge in [0, 0.05) is 11.1 Å². The Morgan fingerprint density at radius 1 is 1.27 bits per heavy atom. The number of hydrogen-bond donors (Lipinski definition) is 1. The van der Waals surface area contributed by atoms with Crippen molar-refractivity contribution in [1.29, 1.82) is 0 Å². The van der Waals surface area contributed by atoms with Gasteiger partial charge in [-0.1, -0.05) is 6.07 Å². The molecular formula is C17H14F2N2O5. The SMILES string of the molecule is COc1cccc(/C=N\NC(=O)c2ccc3c(c2)OCO3)c1OC(F)F. The van der Waals surface area contributed by atoms with Gasteiger partial charge >= 0.3 is 6.61 Å². The predicted molar refractivity (Wildman–Crippen MR) is 87.3 cm³/mol. The number of rotatable bonds is 6. The van der Waals surface area contributed by atoms with Crippen LogP contribution in [0.5, 0.6) is 23.0 Å². The molecule has 0 aromatic heterocycles. The lowest BCUT2D eigenvalue weighted by atomic mass is 10.2. The molecule has 0 atom stereocenters. The molecule has 0 saturated heterocycles. The van der Waals surface area contributed by atoms with Crippen LogP contribution in [-0.4, -0.2) is 32.6 Å². The van der Waals surface area contributed by atoms with E-state index in [1.54, 1.807) is 18.2 Å². The van der Waals surface area contributed by atoms with Crippen LogP contribution in [0.2, 0.25) is 0 Å². The molecule has 0 saturated carbocycles. The zero-order chi connectivity index (χ0) is 18.5. The molecule has 0 fully saturated rings. The first kappa shape index (κ1) is 17.5. The summed E-state index contributed by atoms with van der Waals surface area (Å²) in [5, 5.41) is 3.78. The molecule has 2 aromatic rings. The van der Waals surface area contributed by atoms with Crippen LogP contribution in [0.1, 0.15) is 15.9 Å². The second-order valence-corrected chi connectivity index (χ2v) is 5.02. The van der Waals surface area contributed by atoms with Crippen LogP contribution in [0.4, 0.5) is 8.78 Å². The van der Waals surface area contributed by atoms with Gasteiger partial charge in [0.05, 0.1) is 13.3 Å². The van der Waals surface area contributed by atoms with Crippen molar-refractivity contribution in [2.45, 2.75) is 6.61 Å². The van der Waals surface area contributed by atoms with Gasteiger partial charge in [0.15, 0.2) is 23.0 Å². The van der Waals surface area contributed by atoms with Gasteiger partial charge in [-0.2, -0.15) is 13.9 Å². The van der Waals surface area contributed by atoms with Gasteiger partial charge in [-0.3, -0.25) is 4.79 Å². The van der Waals surface area contributed by atoms with Crippen molar-refractivity contribution in [2.24, 2.45) is 5.10 Å². The molecule has 0 unspecified atom stereocenters. The maximum Gasteiger partial charge on any atom is 0.387 e. The number of fused-ring (bicyclic) bond motifs is 1. The normalized spacial score (nSPS) is 12.5. The van der Waals surface area contributed by atoms with Crippen LogP contribution in [-0.2, 0) is 0 Å². The highest BCUT2D eigenvalue weighted by Gasteiger charge is 2.16. The van der Waals surface area contributed by atoms with E-state index in [-0.39, 0.29) is 23.9 Å². The number of ether oxygens (including phenoxy) is 4. The molecule has 1 N–H and O–H groups in total. The highest BCUT2D eigenvalue weighted by Crippen LogP contribution is 2.33. The third-order valence-corrected chi connectivity index (χ3v) is 3.44. The van der Waals surface area contributed by atoms with Crippen molar-refractivity contribution < 1.29 is 32.5 Å². The first-order valence-electron chi connectivity index (χ1n) is 7.43. The van der Waals surface area contributed by atoms with Crippen LogP contribution < -0.4 is 24.4 Å². The van der Waals surface area contributed by atoms with E-state index in [4.69, 9.17) is 14.2 Å². The zero-order valence-corrected chi connectivity index (χ0v) is 13.6. The number of alkyl halides is 2. The summed E-state index contributed by atoms with van der Waals surface area (Å²) in [6, 6.07) is 9.23. The van der Waals surface area contributed by atoms with Crippen molar-refractivity contribution in [3.8, 4) is 23.0 Å². The van der Waals surface area contributed by atoms with Crippen LogP contribution in [0.25, 0.3) is 0 Å². The number of nitrogens with one attached hydrogen (secondary N) is 1. The molecule has 136 valence electrons. The fraction of sp³-hybridized carbons (Fsp3) is 0.176. The van der Waals surface area contributed by atoms with Gasteiger partial charge in [-0.25, -0.2) is 5.43 Å². The fourth-order valence-electron chi connectivity index (χ4n) is 2.27. The number of halogens is 2. The minimum atomic E-state index is -3.03. The average Bonchev–Trinajstić information content (AvgIpc) is 3.10. The molecule has 26 heavy (non-hydrogen) atoms. The van der Waals surface area contributed by atoms with Gasteiger partial charge < -0.3 is 18.9 Å². The van der Waals surface area contributed by atoms with Crippen molar-refractivity contribution >= 4 is 12.1 Å². The van der Waals surface area contributed by atoms with E-state index in [1.165, 1.54) is 31.5 Å².